The van der Waals surface area contributed by atoms with Crippen LogP contribution < -0.4 is 4.72 Å². The Kier molecular flexibility index (Phi) is 5.84. The van der Waals surface area contributed by atoms with E-state index in [1.165, 1.54) is 0 Å². The first-order chi connectivity index (χ1) is 10.8. The molecule has 23 heavy (non-hydrogen) atoms. The molecule has 1 aliphatic carbocycles. The van der Waals surface area contributed by atoms with Gasteiger partial charge in [-0.3, -0.25) is 0 Å². The molecule has 0 unspecified atom stereocenters. The van der Waals surface area contributed by atoms with E-state index in [1.54, 1.807) is 6.07 Å². The Balaban J connectivity index is 2.16. The lowest BCUT2D eigenvalue weighted by Gasteiger charge is -2.29. The Morgan fingerprint density at radius 3 is 2.35 bits per heavy atom. The van der Waals surface area contributed by atoms with Gasteiger partial charge in [0.15, 0.2) is 0 Å². The quantitative estimate of drug-likeness (QED) is 0.797. The van der Waals surface area contributed by atoms with Gasteiger partial charge in [-0.05, 0) is 56.4 Å². The second-order valence-corrected chi connectivity index (χ2v) is 8.22. The molecular formula is C17H27NO4S. The van der Waals surface area contributed by atoms with Gasteiger partial charge in [0.25, 0.3) is 0 Å². The van der Waals surface area contributed by atoms with Crippen LogP contribution in [-0.2, 0) is 14.8 Å². The third-order valence-corrected chi connectivity index (χ3v) is 6.22. The van der Waals surface area contributed by atoms with E-state index >= 15 is 0 Å². The summed E-state index contributed by atoms with van der Waals surface area (Å²) in [6, 6.07) is 3.63. The molecule has 2 rings (SSSR count). The van der Waals surface area contributed by atoms with E-state index < -0.39 is 15.6 Å². The molecule has 1 fully saturated rings. The number of aryl methyl sites for hydroxylation is 3. The maximum Gasteiger partial charge on any atom is 0.240 e. The fraction of sp³-hybridized carbons (Fsp3) is 0.647. The zero-order valence-electron chi connectivity index (χ0n) is 14.2. The lowest BCUT2D eigenvalue weighted by atomic mass is 10.0. The fourth-order valence-corrected chi connectivity index (χ4v) is 4.60. The van der Waals surface area contributed by atoms with Gasteiger partial charge < -0.3 is 9.84 Å². The van der Waals surface area contributed by atoms with Crippen LogP contribution in [-0.4, -0.2) is 38.9 Å². The van der Waals surface area contributed by atoms with Crippen LogP contribution in [0.15, 0.2) is 17.0 Å². The normalized spacial score (nSPS) is 17.6. The predicted molar refractivity (Wildman–Crippen MR) is 90.1 cm³/mol. The maximum absolute atomic E-state index is 12.7. The summed E-state index contributed by atoms with van der Waals surface area (Å²) < 4.78 is 33.8. The fourth-order valence-electron chi connectivity index (χ4n) is 3.18. The number of rotatable bonds is 7. The van der Waals surface area contributed by atoms with Crippen molar-refractivity contribution in [2.24, 2.45) is 0 Å². The molecule has 1 aromatic carbocycles. The Hall–Kier alpha value is -0.950. The molecule has 6 heteroatoms. The monoisotopic (exact) mass is 341 g/mol. The Bertz CT molecular complexity index is 649. The molecule has 1 aliphatic rings. The first-order valence-electron chi connectivity index (χ1n) is 8.12. The topological polar surface area (TPSA) is 75.6 Å². The number of nitrogens with one attached hydrogen (secondary N) is 1. The highest BCUT2D eigenvalue weighted by Crippen LogP contribution is 2.33. The van der Waals surface area contributed by atoms with Crippen molar-refractivity contribution in [3.05, 3.63) is 28.8 Å². The first-order valence-corrected chi connectivity index (χ1v) is 9.60. The molecule has 0 heterocycles. The van der Waals surface area contributed by atoms with Gasteiger partial charge in [-0.2, -0.15) is 0 Å². The zero-order valence-corrected chi connectivity index (χ0v) is 15.0. The van der Waals surface area contributed by atoms with Gasteiger partial charge >= 0.3 is 0 Å². The number of sulfonamides is 1. The van der Waals surface area contributed by atoms with Crippen molar-refractivity contribution in [1.29, 1.82) is 0 Å². The van der Waals surface area contributed by atoms with Gasteiger partial charge in [0.1, 0.15) is 0 Å². The van der Waals surface area contributed by atoms with E-state index in [0.29, 0.717) is 4.90 Å². The Labute approximate surface area is 139 Å². The molecule has 5 nitrogen and oxygen atoms in total. The molecule has 0 amide bonds. The van der Waals surface area contributed by atoms with E-state index in [-0.39, 0.29) is 19.8 Å². The van der Waals surface area contributed by atoms with Crippen LogP contribution in [0.4, 0.5) is 0 Å². The van der Waals surface area contributed by atoms with E-state index in [4.69, 9.17) is 9.84 Å². The average molecular weight is 341 g/mol. The lowest BCUT2D eigenvalue weighted by Crippen LogP contribution is -2.43. The second-order valence-electron chi connectivity index (χ2n) is 6.49. The maximum atomic E-state index is 12.7. The minimum Gasteiger partial charge on any atom is -0.394 e. The summed E-state index contributed by atoms with van der Waals surface area (Å²) in [5, 5.41) is 8.98. The van der Waals surface area contributed by atoms with Crippen LogP contribution in [0.3, 0.4) is 0 Å². The minimum atomic E-state index is -3.57. The van der Waals surface area contributed by atoms with Crippen molar-refractivity contribution in [2.45, 2.75) is 57.0 Å². The third kappa shape index (κ3) is 4.32. The largest absolute Gasteiger partial charge is 0.394 e. The molecule has 0 spiro atoms. The third-order valence-electron chi connectivity index (χ3n) is 4.68. The summed E-state index contributed by atoms with van der Waals surface area (Å²) in [6.45, 7) is 6.14. The smallest absolute Gasteiger partial charge is 0.240 e. The molecular weight excluding hydrogens is 314 g/mol. The van der Waals surface area contributed by atoms with Crippen LogP contribution in [0.5, 0.6) is 0 Å². The van der Waals surface area contributed by atoms with Crippen LogP contribution in [0, 0.1) is 20.8 Å². The van der Waals surface area contributed by atoms with Gasteiger partial charge in [0.05, 0.1) is 23.7 Å². The summed E-state index contributed by atoms with van der Waals surface area (Å²) in [4.78, 5) is 0.330. The van der Waals surface area contributed by atoms with Crippen molar-refractivity contribution in [3.8, 4) is 0 Å². The van der Waals surface area contributed by atoms with Crippen LogP contribution >= 0.6 is 0 Å². The zero-order chi connectivity index (χ0) is 17.1. The molecule has 0 aromatic heterocycles. The first kappa shape index (κ1) is 18.4. The molecule has 1 saturated carbocycles. The number of hydrogen-bond acceptors (Lipinski definition) is 4. The number of aliphatic hydroxyl groups is 1. The Morgan fingerprint density at radius 1 is 1.13 bits per heavy atom. The van der Waals surface area contributed by atoms with Crippen molar-refractivity contribution < 1.29 is 18.3 Å². The second kappa shape index (κ2) is 7.30. The van der Waals surface area contributed by atoms with Gasteiger partial charge in [-0.15, -0.1) is 0 Å². The van der Waals surface area contributed by atoms with Crippen LogP contribution in [0.2, 0.25) is 0 Å². The lowest BCUT2D eigenvalue weighted by molar-refractivity contribution is -0.0492. The molecule has 0 aliphatic heterocycles. The molecule has 2 N–H and O–H groups in total. The minimum absolute atomic E-state index is 0.0508. The molecule has 0 radical (unpaired) electrons. The van der Waals surface area contributed by atoms with Gasteiger partial charge in [-0.1, -0.05) is 18.9 Å². The van der Waals surface area contributed by atoms with Crippen molar-refractivity contribution in [2.75, 3.05) is 19.8 Å². The summed E-state index contributed by atoms with van der Waals surface area (Å²) in [5.74, 6) is 0. The molecule has 130 valence electrons. The number of hydrogen-bond donors (Lipinski definition) is 2. The van der Waals surface area contributed by atoms with Crippen molar-refractivity contribution >= 4 is 10.0 Å². The average Bonchev–Trinajstić information content (AvgIpc) is 2.96. The summed E-state index contributed by atoms with van der Waals surface area (Å²) in [7, 11) is -3.57. The van der Waals surface area contributed by atoms with Crippen molar-refractivity contribution in [1.82, 2.24) is 4.72 Å². The van der Waals surface area contributed by atoms with Gasteiger partial charge in [0.2, 0.25) is 10.0 Å². The van der Waals surface area contributed by atoms with Gasteiger partial charge in [0, 0.05) is 6.54 Å². The molecule has 0 atom stereocenters. The highest BCUT2D eigenvalue weighted by atomic mass is 32.2. The number of ether oxygens (including phenoxy) is 1. The SMILES string of the molecule is Cc1cc(C)c(S(=O)(=O)NCC2(OCCO)CCCC2)cc1C. The number of benzene rings is 1. The Morgan fingerprint density at radius 2 is 1.74 bits per heavy atom. The van der Waals surface area contributed by atoms with Crippen LogP contribution in [0.1, 0.15) is 42.4 Å². The van der Waals surface area contributed by atoms with E-state index in [9.17, 15) is 8.42 Å². The highest BCUT2D eigenvalue weighted by molar-refractivity contribution is 7.89. The molecule has 1 aromatic rings. The highest BCUT2D eigenvalue weighted by Gasteiger charge is 2.36. The van der Waals surface area contributed by atoms with Crippen molar-refractivity contribution in [3.63, 3.8) is 0 Å². The predicted octanol–water partition coefficient (Wildman–Crippen LogP) is 2.21. The summed E-state index contributed by atoms with van der Waals surface area (Å²) in [6.07, 6.45) is 3.69. The molecule has 0 bridgehead atoms. The van der Waals surface area contributed by atoms with E-state index in [0.717, 1.165) is 42.4 Å². The summed E-state index contributed by atoms with van der Waals surface area (Å²) in [5.41, 5.74) is 2.31. The number of aliphatic hydroxyl groups excluding tert-OH is 1. The molecule has 0 saturated heterocycles. The van der Waals surface area contributed by atoms with E-state index in [1.807, 2.05) is 26.8 Å². The standard InChI is InChI=1S/C17H27NO4S/c1-13-10-15(3)16(11-14(13)2)23(20,21)18-12-17(22-9-8-19)6-4-5-7-17/h10-11,18-19H,4-9,12H2,1-3H3. The summed E-state index contributed by atoms with van der Waals surface area (Å²) >= 11 is 0. The van der Waals surface area contributed by atoms with E-state index in [2.05, 4.69) is 4.72 Å². The van der Waals surface area contributed by atoms with Crippen LogP contribution in [0.25, 0.3) is 0 Å². The van der Waals surface area contributed by atoms with Gasteiger partial charge in [-0.25, -0.2) is 13.1 Å².